The van der Waals surface area contributed by atoms with E-state index < -0.39 is 6.10 Å². The Balaban J connectivity index is 1.71. The van der Waals surface area contributed by atoms with Crippen molar-refractivity contribution >= 4 is 6.09 Å². The summed E-state index contributed by atoms with van der Waals surface area (Å²) in [5, 5.41) is 10.7. The minimum atomic E-state index is -0.690. The smallest absolute Gasteiger partial charge is 0.409 e. The number of carbonyl (C=O) groups is 1. The lowest BCUT2D eigenvalue weighted by atomic mass is 9.65. The number of aliphatic hydroxyl groups is 1. The lowest BCUT2D eigenvalue weighted by Crippen LogP contribution is -2.44. The van der Waals surface area contributed by atoms with E-state index in [9.17, 15) is 9.90 Å². The number of hydrogen-bond donors (Lipinski definition) is 1. The molecule has 5 heteroatoms. The fourth-order valence-electron chi connectivity index (χ4n) is 6.16. The maximum atomic E-state index is 12.6. The zero-order valence-corrected chi connectivity index (χ0v) is 16.9. The van der Waals surface area contributed by atoms with Gasteiger partial charge in [-0.15, -0.1) is 0 Å². The molecule has 0 radical (unpaired) electrons. The molecule has 0 saturated carbocycles. The van der Waals surface area contributed by atoms with E-state index in [0.717, 1.165) is 12.8 Å². The van der Waals surface area contributed by atoms with Crippen molar-refractivity contribution in [2.24, 2.45) is 5.41 Å². The minimum Gasteiger partial charge on any atom is -0.453 e. The van der Waals surface area contributed by atoms with Gasteiger partial charge in [0.1, 0.15) is 6.10 Å². The molecule has 2 aromatic carbocycles. The summed E-state index contributed by atoms with van der Waals surface area (Å²) < 4.78 is 11.3. The summed E-state index contributed by atoms with van der Waals surface area (Å²) in [4.78, 5) is 14.3. The monoisotopic (exact) mass is 393 g/mol. The van der Waals surface area contributed by atoms with Gasteiger partial charge in [0.05, 0.1) is 25.9 Å². The van der Waals surface area contributed by atoms with Crippen molar-refractivity contribution in [1.82, 2.24) is 4.90 Å². The second-order valence-electron chi connectivity index (χ2n) is 8.50. The maximum Gasteiger partial charge on any atom is 0.409 e. The molecular formula is C24H27NO4. The molecule has 5 nitrogen and oxygen atoms in total. The van der Waals surface area contributed by atoms with Gasteiger partial charge in [0.25, 0.3) is 0 Å². The molecule has 2 aliphatic heterocycles. The maximum absolute atomic E-state index is 12.6. The van der Waals surface area contributed by atoms with Crippen LogP contribution < -0.4 is 0 Å². The second kappa shape index (κ2) is 6.85. The number of hydrogen-bond acceptors (Lipinski definition) is 4. The molecular weight excluding hydrogens is 366 g/mol. The van der Waals surface area contributed by atoms with Crippen LogP contribution >= 0.6 is 0 Å². The van der Waals surface area contributed by atoms with Gasteiger partial charge in [-0.2, -0.15) is 0 Å². The van der Waals surface area contributed by atoms with Crippen LogP contribution in [-0.4, -0.2) is 54.6 Å². The van der Waals surface area contributed by atoms with E-state index in [0.29, 0.717) is 6.54 Å². The summed E-state index contributed by atoms with van der Waals surface area (Å²) >= 11 is 0. The highest BCUT2D eigenvalue weighted by atomic mass is 16.5. The molecule has 4 atom stereocenters. The number of methoxy groups -OCH3 is 1. The van der Waals surface area contributed by atoms with Crippen LogP contribution in [0.3, 0.4) is 0 Å². The number of ether oxygens (including phenoxy) is 2. The Bertz CT molecular complexity index is 898. The van der Waals surface area contributed by atoms with Crippen molar-refractivity contribution in [1.29, 1.82) is 0 Å². The highest BCUT2D eigenvalue weighted by molar-refractivity contribution is 5.79. The quantitative estimate of drug-likeness (QED) is 0.862. The van der Waals surface area contributed by atoms with Gasteiger partial charge in [0.15, 0.2) is 0 Å². The highest BCUT2D eigenvalue weighted by Gasteiger charge is 2.64. The van der Waals surface area contributed by atoms with Crippen LogP contribution in [0.2, 0.25) is 0 Å². The molecule has 3 aliphatic rings. The van der Waals surface area contributed by atoms with Gasteiger partial charge in [-0.1, -0.05) is 61.9 Å². The van der Waals surface area contributed by atoms with Gasteiger partial charge in [-0.3, -0.25) is 4.90 Å². The molecule has 5 rings (SSSR count). The summed E-state index contributed by atoms with van der Waals surface area (Å²) in [5.41, 5.74) is 4.79. The molecule has 1 aliphatic carbocycles. The molecule has 152 valence electrons. The molecule has 0 aromatic heterocycles. The van der Waals surface area contributed by atoms with Gasteiger partial charge in [0.2, 0.25) is 0 Å². The van der Waals surface area contributed by atoms with Gasteiger partial charge < -0.3 is 14.6 Å². The summed E-state index contributed by atoms with van der Waals surface area (Å²) in [6, 6.07) is 16.8. The van der Waals surface area contributed by atoms with Crippen LogP contribution in [0.25, 0.3) is 11.1 Å². The molecule has 2 saturated heterocycles. The van der Waals surface area contributed by atoms with Crippen molar-refractivity contribution in [2.45, 2.75) is 43.9 Å². The normalized spacial score (nSPS) is 30.2. The molecule has 0 bridgehead atoms. The largest absolute Gasteiger partial charge is 0.453 e. The number of likely N-dealkylation sites (tertiary alicyclic amines) is 1. The first-order chi connectivity index (χ1) is 14.1. The number of rotatable bonds is 3. The SMILES string of the molecule is CCC[C@@]1(C2c3ccccc3-c3ccccc32)CN(C(=O)OC)[C@@H]2[C@@H](O)CO[C@@H]21. The topological polar surface area (TPSA) is 59.0 Å². The lowest BCUT2D eigenvalue weighted by Gasteiger charge is -2.40. The van der Waals surface area contributed by atoms with Gasteiger partial charge in [-0.05, 0) is 28.7 Å². The van der Waals surface area contributed by atoms with Crippen molar-refractivity contribution in [2.75, 3.05) is 20.3 Å². The van der Waals surface area contributed by atoms with E-state index in [1.165, 1.54) is 29.4 Å². The van der Waals surface area contributed by atoms with Gasteiger partial charge in [-0.25, -0.2) is 4.79 Å². The Morgan fingerprint density at radius 3 is 2.38 bits per heavy atom. The molecule has 1 amide bonds. The predicted molar refractivity (Wildman–Crippen MR) is 110 cm³/mol. The zero-order chi connectivity index (χ0) is 20.2. The van der Waals surface area contributed by atoms with Crippen LogP contribution in [0.4, 0.5) is 4.79 Å². The van der Waals surface area contributed by atoms with E-state index in [1.807, 2.05) is 0 Å². The van der Waals surface area contributed by atoms with E-state index in [2.05, 4.69) is 55.5 Å². The van der Waals surface area contributed by atoms with Crippen LogP contribution in [0, 0.1) is 5.41 Å². The first-order valence-electron chi connectivity index (χ1n) is 10.4. The second-order valence-corrected chi connectivity index (χ2v) is 8.50. The van der Waals surface area contributed by atoms with Crippen LogP contribution in [0.15, 0.2) is 48.5 Å². The summed E-state index contributed by atoms with van der Waals surface area (Å²) in [6.45, 7) is 2.95. The lowest BCUT2D eigenvalue weighted by molar-refractivity contribution is 0.000545. The Morgan fingerprint density at radius 1 is 1.17 bits per heavy atom. The fraction of sp³-hybridized carbons (Fsp3) is 0.458. The molecule has 1 N–H and O–H groups in total. The fourth-order valence-corrected chi connectivity index (χ4v) is 6.16. The van der Waals surface area contributed by atoms with Crippen LogP contribution in [-0.2, 0) is 9.47 Å². The Morgan fingerprint density at radius 2 is 1.79 bits per heavy atom. The van der Waals surface area contributed by atoms with E-state index >= 15 is 0 Å². The third-order valence-corrected chi connectivity index (χ3v) is 7.08. The van der Waals surface area contributed by atoms with Crippen molar-refractivity contribution in [3.63, 3.8) is 0 Å². The Hall–Kier alpha value is -2.37. The molecule has 2 heterocycles. The van der Waals surface area contributed by atoms with Gasteiger partial charge >= 0.3 is 6.09 Å². The average Bonchev–Trinajstić information content (AvgIpc) is 3.39. The average molecular weight is 393 g/mol. The Kier molecular flexibility index (Phi) is 4.41. The zero-order valence-electron chi connectivity index (χ0n) is 16.9. The van der Waals surface area contributed by atoms with Crippen molar-refractivity contribution in [3.8, 4) is 11.1 Å². The van der Waals surface area contributed by atoms with E-state index in [-0.39, 0.29) is 36.2 Å². The van der Waals surface area contributed by atoms with Crippen LogP contribution in [0.1, 0.15) is 36.8 Å². The summed E-state index contributed by atoms with van der Waals surface area (Å²) in [6.07, 6.45) is 0.577. The Labute approximate surface area is 171 Å². The standard InChI is InChI=1S/C24H27NO4/c1-3-12-24(14-25(23(27)28-2)21-19(26)13-29-22(21)24)20-17-10-6-4-8-15(17)16-9-5-7-11-18(16)20/h4-11,19-22,26H,3,12-14H2,1-2H3/t19-,21+,22-,24-/m0/s1. The number of amides is 1. The molecule has 29 heavy (non-hydrogen) atoms. The summed E-state index contributed by atoms with van der Waals surface area (Å²) in [7, 11) is 1.40. The van der Waals surface area contributed by atoms with Crippen LogP contribution in [0.5, 0.6) is 0 Å². The molecule has 2 fully saturated rings. The minimum absolute atomic E-state index is 0.113. The third kappa shape index (κ3) is 2.50. The number of aliphatic hydroxyl groups excluding tert-OH is 1. The van der Waals surface area contributed by atoms with Gasteiger partial charge in [0, 0.05) is 17.9 Å². The van der Waals surface area contributed by atoms with E-state index in [1.54, 1.807) is 4.90 Å². The van der Waals surface area contributed by atoms with Crippen molar-refractivity contribution < 1.29 is 19.4 Å². The predicted octanol–water partition coefficient (Wildman–Crippen LogP) is 3.80. The molecule has 0 spiro atoms. The molecule has 2 aromatic rings. The molecule has 0 unspecified atom stereocenters. The van der Waals surface area contributed by atoms with Crippen molar-refractivity contribution in [3.05, 3.63) is 59.7 Å². The number of carbonyl (C=O) groups excluding carboxylic acids is 1. The highest BCUT2D eigenvalue weighted by Crippen LogP contribution is 2.60. The van der Waals surface area contributed by atoms with E-state index in [4.69, 9.17) is 9.47 Å². The number of fused-ring (bicyclic) bond motifs is 4. The third-order valence-electron chi connectivity index (χ3n) is 7.08. The first-order valence-corrected chi connectivity index (χ1v) is 10.4. The first kappa shape index (κ1) is 18.6. The number of nitrogens with zero attached hydrogens (tertiary/aromatic N) is 1. The summed E-state index contributed by atoms with van der Waals surface area (Å²) in [5.74, 6) is 0.113. The number of benzene rings is 2.